The van der Waals surface area contributed by atoms with E-state index >= 15 is 0 Å². The molecule has 0 fully saturated rings. The third-order valence-corrected chi connectivity index (χ3v) is 5.15. The van der Waals surface area contributed by atoms with Crippen LogP contribution in [0.25, 0.3) is 0 Å². The molecule has 8 nitrogen and oxygen atoms in total. The maximum Gasteiger partial charge on any atom is 0.438 e. The molecule has 26 heavy (non-hydrogen) atoms. The van der Waals surface area contributed by atoms with Gasteiger partial charge in [-0.3, -0.25) is 9.48 Å². The molecular formula is C14H14BrF3N6O2. The SMILES string of the molecule is Cc1nn(Cn2ccc(C(=O)N3N=CCC3(O)C(F)(F)F)n2)c(C)c1Br. The van der Waals surface area contributed by atoms with Crippen molar-refractivity contribution in [1.29, 1.82) is 0 Å². The molecule has 3 rings (SSSR count). The third kappa shape index (κ3) is 2.92. The van der Waals surface area contributed by atoms with Crippen LogP contribution >= 0.6 is 15.9 Å². The Labute approximate surface area is 154 Å². The van der Waals surface area contributed by atoms with E-state index in [4.69, 9.17) is 0 Å². The molecule has 140 valence electrons. The van der Waals surface area contributed by atoms with E-state index in [-0.39, 0.29) is 17.4 Å². The Morgan fingerprint density at radius 1 is 1.38 bits per heavy atom. The first-order valence-corrected chi connectivity index (χ1v) is 8.23. The second-order valence-electron chi connectivity index (χ2n) is 5.80. The van der Waals surface area contributed by atoms with Crippen LogP contribution in [-0.2, 0) is 6.67 Å². The zero-order valence-corrected chi connectivity index (χ0v) is 15.3. The first kappa shape index (κ1) is 18.6. The van der Waals surface area contributed by atoms with Crippen LogP contribution in [-0.4, -0.2) is 53.7 Å². The largest absolute Gasteiger partial charge is 0.438 e. The van der Waals surface area contributed by atoms with Gasteiger partial charge in [0.2, 0.25) is 0 Å². The Balaban J connectivity index is 1.82. The summed E-state index contributed by atoms with van der Waals surface area (Å²) in [6.45, 7) is 3.81. The molecule has 1 aliphatic rings. The molecule has 12 heteroatoms. The van der Waals surface area contributed by atoms with Gasteiger partial charge in [0.1, 0.15) is 6.67 Å². The summed E-state index contributed by atoms with van der Waals surface area (Å²) in [5.41, 5.74) is -2.03. The van der Waals surface area contributed by atoms with Gasteiger partial charge in [0, 0.05) is 18.8 Å². The summed E-state index contributed by atoms with van der Waals surface area (Å²) in [5, 5.41) is 21.5. The fourth-order valence-electron chi connectivity index (χ4n) is 2.50. The molecule has 0 spiro atoms. The average molecular weight is 435 g/mol. The number of rotatable bonds is 3. The van der Waals surface area contributed by atoms with Crippen LogP contribution in [0.5, 0.6) is 0 Å². The molecule has 1 atom stereocenters. The summed E-state index contributed by atoms with van der Waals surface area (Å²) >= 11 is 3.39. The fraction of sp³-hybridized carbons (Fsp3) is 0.429. The van der Waals surface area contributed by atoms with Gasteiger partial charge in [0.15, 0.2) is 5.69 Å². The Morgan fingerprint density at radius 2 is 2.08 bits per heavy atom. The molecule has 0 radical (unpaired) electrons. The summed E-state index contributed by atoms with van der Waals surface area (Å²) in [4.78, 5) is 12.3. The number of amides is 1. The van der Waals surface area contributed by atoms with Crippen LogP contribution in [0, 0.1) is 13.8 Å². The van der Waals surface area contributed by atoms with Crippen LogP contribution in [0.2, 0.25) is 0 Å². The van der Waals surface area contributed by atoms with Crippen LogP contribution in [0.3, 0.4) is 0 Å². The number of aryl methyl sites for hydroxylation is 1. The lowest BCUT2D eigenvalue weighted by Crippen LogP contribution is -2.56. The zero-order chi connectivity index (χ0) is 19.3. The minimum absolute atomic E-state index is 0.0135. The lowest BCUT2D eigenvalue weighted by Gasteiger charge is -2.32. The molecule has 0 aliphatic carbocycles. The predicted molar refractivity (Wildman–Crippen MR) is 87.3 cm³/mol. The Hall–Kier alpha value is -2.21. The summed E-state index contributed by atoms with van der Waals surface area (Å²) in [7, 11) is 0. The van der Waals surface area contributed by atoms with E-state index in [0.29, 0.717) is 0 Å². The highest BCUT2D eigenvalue weighted by Gasteiger charge is 2.61. The molecule has 1 N–H and O–H groups in total. The van der Waals surface area contributed by atoms with Crippen molar-refractivity contribution in [3.8, 4) is 0 Å². The Kier molecular flexibility index (Phi) is 4.43. The van der Waals surface area contributed by atoms with E-state index in [9.17, 15) is 23.1 Å². The maximum atomic E-state index is 13.1. The number of hydrogen-bond acceptors (Lipinski definition) is 5. The average Bonchev–Trinajstić information content (AvgIpc) is 3.23. The Morgan fingerprint density at radius 3 is 2.65 bits per heavy atom. The Bertz CT molecular complexity index is 890. The van der Waals surface area contributed by atoms with Crippen LogP contribution in [0.4, 0.5) is 13.2 Å². The number of hydrogen-bond donors (Lipinski definition) is 1. The van der Waals surface area contributed by atoms with E-state index in [1.54, 1.807) is 4.68 Å². The van der Waals surface area contributed by atoms with Gasteiger partial charge in [-0.05, 0) is 35.8 Å². The molecule has 0 saturated heterocycles. The number of carbonyl (C=O) groups is 1. The first-order chi connectivity index (χ1) is 12.0. The molecule has 0 saturated carbocycles. The number of aromatic nitrogens is 4. The van der Waals surface area contributed by atoms with Gasteiger partial charge in [-0.15, -0.1) is 0 Å². The van der Waals surface area contributed by atoms with Gasteiger partial charge in [-0.1, -0.05) is 0 Å². The van der Waals surface area contributed by atoms with Crippen molar-refractivity contribution < 1.29 is 23.1 Å². The molecular weight excluding hydrogens is 421 g/mol. The zero-order valence-electron chi connectivity index (χ0n) is 13.7. The summed E-state index contributed by atoms with van der Waals surface area (Å²) in [5.74, 6) is -1.15. The predicted octanol–water partition coefficient (Wildman–Crippen LogP) is 2.05. The van der Waals surface area contributed by atoms with Gasteiger partial charge >= 0.3 is 6.18 Å². The number of alkyl halides is 3. The minimum Gasteiger partial charge on any atom is -0.362 e. The quantitative estimate of drug-likeness (QED) is 0.800. The van der Waals surface area contributed by atoms with Crippen molar-refractivity contribution in [2.24, 2.45) is 5.10 Å². The molecule has 1 aliphatic heterocycles. The summed E-state index contributed by atoms with van der Waals surface area (Å²) < 4.78 is 43.1. The first-order valence-electron chi connectivity index (χ1n) is 7.43. The van der Waals surface area contributed by atoms with Crippen molar-refractivity contribution in [1.82, 2.24) is 24.6 Å². The van der Waals surface area contributed by atoms with Gasteiger partial charge in [0.05, 0.1) is 15.9 Å². The number of nitrogens with zero attached hydrogens (tertiary/aromatic N) is 6. The van der Waals surface area contributed by atoms with Crippen LogP contribution in [0.1, 0.15) is 28.3 Å². The molecule has 3 heterocycles. The van der Waals surface area contributed by atoms with E-state index < -0.39 is 24.2 Å². The monoisotopic (exact) mass is 434 g/mol. The molecule has 1 unspecified atom stereocenters. The summed E-state index contributed by atoms with van der Waals surface area (Å²) in [6, 6.07) is 1.26. The molecule has 2 aromatic rings. The highest BCUT2D eigenvalue weighted by Crippen LogP contribution is 2.39. The topological polar surface area (TPSA) is 88.5 Å². The van der Waals surface area contributed by atoms with Crippen LogP contribution in [0.15, 0.2) is 21.8 Å². The second-order valence-corrected chi connectivity index (χ2v) is 6.59. The van der Waals surface area contributed by atoms with E-state index in [2.05, 4.69) is 31.2 Å². The highest BCUT2D eigenvalue weighted by molar-refractivity contribution is 9.10. The number of carbonyl (C=O) groups excluding carboxylic acids is 1. The van der Waals surface area contributed by atoms with Gasteiger partial charge < -0.3 is 5.11 Å². The van der Waals surface area contributed by atoms with Crippen molar-refractivity contribution in [3.05, 3.63) is 33.8 Å². The van der Waals surface area contributed by atoms with E-state index in [0.717, 1.165) is 22.1 Å². The van der Waals surface area contributed by atoms with Crippen molar-refractivity contribution in [3.63, 3.8) is 0 Å². The minimum atomic E-state index is -5.04. The molecule has 0 bridgehead atoms. The van der Waals surface area contributed by atoms with Crippen molar-refractivity contribution in [2.45, 2.75) is 38.8 Å². The summed E-state index contributed by atoms with van der Waals surface area (Å²) in [6.07, 6.45) is -3.60. The molecule has 0 aromatic carbocycles. The van der Waals surface area contributed by atoms with E-state index in [1.165, 1.54) is 16.9 Å². The normalized spacial score (nSPS) is 20.2. The third-order valence-electron chi connectivity index (χ3n) is 4.00. The highest BCUT2D eigenvalue weighted by atomic mass is 79.9. The van der Waals surface area contributed by atoms with Gasteiger partial charge in [-0.2, -0.15) is 33.5 Å². The van der Waals surface area contributed by atoms with E-state index in [1.807, 2.05) is 13.8 Å². The number of aliphatic hydroxyl groups is 1. The van der Waals surface area contributed by atoms with Crippen molar-refractivity contribution in [2.75, 3.05) is 0 Å². The molecule has 2 aromatic heterocycles. The van der Waals surface area contributed by atoms with Gasteiger partial charge in [-0.25, -0.2) is 4.68 Å². The lowest BCUT2D eigenvalue weighted by molar-refractivity contribution is -0.297. The number of halogens is 4. The number of hydrazone groups is 1. The van der Waals surface area contributed by atoms with Gasteiger partial charge in [0.25, 0.3) is 11.6 Å². The maximum absolute atomic E-state index is 13.1. The fourth-order valence-corrected chi connectivity index (χ4v) is 2.78. The van der Waals surface area contributed by atoms with Crippen LogP contribution < -0.4 is 0 Å². The smallest absolute Gasteiger partial charge is 0.362 e. The standard InChI is InChI=1S/C14H14BrF3N6O2/c1-8-11(15)9(2)23(20-8)7-22-6-3-10(21-22)12(25)24-13(26,4-5-19-24)14(16,17)18/h3,5-6,26H,4,7H2,1-2H3. The lowest BCUT2D eigenvalue weighted by atomic mass is 10.1. The second kappa shape index (κ2) is 6.20. The molecule has 1 amide bonds. The van der Waals surface area contributed by atoms with Crippen molar-refractivity contribution >= 4 is 28.1 Å².